The Kier molecular flexibility index (Phi) is 5.48. The van der Waals surface area contributed by atoms with Gasteiger partial charge in [0.05, 0.1) is 28.4 Å². The van der Waals surface area contributed by atoms with Crippen molar-refractivity contribution in [3.8, 4) is 23.0 Å². The van der Waals surface area contributed by atoms with Crippen LogP contribution in [0, 0.1) is 5.82 Å². The summed E-state index contributed by atoms with van der Waals surface area (Å²) in [6, 6.07) is 3.55. The predicted molar refractivity (Wildman–Crippen MR) is 83.1 cm³/mol. The summed E-state index contributed by atoms with van der Waals surface area (Å²) in [5.74, 6) is -0.995. The number of hydrogen-bond acceptors (Lipinski definition) is 8. The third-order valence-corrected chi connectivity index (χ3v) is 3.20. The molecule has 0 saturated heterocycles. The van der Waals surface area contributed by atoms with Gasteiger partial charge in [0.2, 0.25) is 11.5 Å². The van der Waals surface area contributed by atoms with Crippen molar-refractivity contribution in [2.45, 2.75) is 0 Å². The fraction of sp³-hybridized carbons (Fsp3) is 0.250. The molecule has 134 valence electrons. The molecule has 0 aliphatic heterocycles. The van der Waals surface area contributed by atoms with E-state index < -0.39 is 18.1 Å². The maximum atomic E-state index is 13.7. The lowest BCUT2D eigenvalue weighted by molar-refractivity contribution is 0.117. The summed E-state index contributed by atoms with van der Waals surface area (Å²) in [5, 5.41) is 0.324. The van der Waals surface area contributed by atoms with Crippen LogP contribution in [0.1, 0.15) is 0 Å². The van der Waals surface area contributed by atoms with E-state index in [4.69, 9.17) is 18.9 Å². The average molecular weight is 354 g/mol. The number of ether oxygens (including phenoxy) is 6. The first-order chi connectivity index (χ1) is 12.0. The van der Waals surface area contributed by atoms with Crippen LogP contribution in [0.2, 0.25) is 0 Å². The van der Waals surface area contributed by atoms with Crippen molar-refractivity contribution in [1.82, 2.24) is 0 Å². The first-order valence-electron chi connectivity index (χ1n) is 6.85. The van der Waals surface area contributed by atoms with Gasteiger partial charge in [-0.05, 0) is 18.2 Å². The normalized spacial score (nSPS) is 10.1. The Balaban J connectivity index is 2.86. The minimum Gasteiger partial charge on any atom is -0.490 e. The number of carbonyl (C=O) groups is 2. The molecule has 0 atom stereocenters. The molecular formula is C16H15FO8. The van der Waals surface area contributed by atoms with Crippen molar-refractivity contribution in [3.63, 3.8) is 0 Å². The van der Waals surface area contributed by atoms with Crippen LogP contribution < -0.4 is 18.9 Å². The van der Waals surface area contributed by atoms with Gasteiger partial charge in [0.15, 0.2) is 11.5 Å². The van der Waals surface area contributed by atoms with Gasteiger partial charge < -0.3 is 28.4 Å². The Morgan fingerprint density at radius 3 is 1.68 bits per heavy atom. The molecule has 0 aliphatic carbocycles. The van der Waals surface area contributed by atoms with Gasteiger partial charge in [0.25, 0.3) is 0 Å². The van der Waals surface area contributed by atoms with Crippen LogP contribution in [0.4, 0.5) is 14.0 Å². The molecule has 8 nitrogen and oxygen atoms in total. The third-order valence-electron chi connectivity index (χ3n) is 3.20. The van der Waals surface area contributed by atoms with Crippen LogP contribution >= 0.6 is 0 Å². The quantitative estimate of drug-likeness (QED) is 0.610. The molecule has 0 aromatic heterocycles. The van der Waals surface area contributed by atoms with Crippen molar-refractivity contribution in [2.75, 3.05) is 28.4 Å². The van der Waals surface area contributed by atoms with Crippen LogP contribution in [0.5, 0.6) is 23.0 Å². The van der Waals surface area contributed by atoms with Crippen molar-refractivity contribution < 1.29 is 42.4 Å². The van der Waals surface area contributed by atoms with Crippen LogP contribution in [-0.2, 0) is 9.47 Å². The molecule has 0 spiro atoms. The van der Waals surface area contributed by atoms with Crippen LogP contribution in [0.3, 0.4) is 0 Å². The number of hydrogen-bond donors (Lipinski definition) is 0. The molecule has 0 N–H and O–H groups in total. The van der Waals surface area contributed by atoms with Crippen molar-refractivity contribution in [3.05, 3.63) is 24.0 Å². The summed E-state index contributed by atoms with van der Waals surface area (Å²) in [6.07, 6.45) is -2.07. The van der Waals surface area contributed by atoms with Gasteiger partial charge >= 0.3 is 12.3 Å². The second-order valence-electron chi connectivity index (χ2n) is 4.53. The molecular weight excluding hydrogens is 339 g/mol. The zero-order valence-corrected chi connectivity index (χ0v) is 13.9. The van der Waals surface area contributed by atoms with E-state index in [-0.39, 0.29) is 33.8 Å². The molecule has 0 heterocycles. The molecule has 0 amide bonds. The third kappa shape index (κ3) is 3.49. The second kappa shape index (κ2) is 7.56. The smallest absolute Gasteiger partial charge is 0.490 e. The van der Waals surface area contributed by atoms with E-state index in [1.165, 1.54) is 20.3 Å². The van der Waals surface area contributed by atoms with E-state index in [9.17, 15) is 14.0 Å². The first-order valence-corrected chi connectivity index (χ1v) is 6.85. The van der Waals surface area contributed by atoms with Crippen LogP contribution in [-0.4, -0.2) is 40.7 Å². The van der Waals surface area contributed by atoms with Gasteiger partial charge in [-0.3, -0.25) is 0 Å². The van der Waals surface area contributed by atoms with E-state index >= 15 is 0 Å². The van der Waals surface area contributed by atoms with Gasteiger partial charge in [-0.15, -0.1) is 0 Å². The minimum absolute atomic E-state index is 0.0501. The van der Waals surface area contributed by atoms with Crippen LogP contribution in [0.15, 0.2) is 18.2 Å². The van der Waals surface area contributed by atoms with Crippen molar-refractivity contribution in [2.24, 2.45) is 0 Å². The number of fused-ring (bicyclic) bond motifs is 1. The summed E-state index contributed by atoms with van der Waals surface area (Å²) in [5.41, 5.74) is 0. The predicted octanol–water partition coefficient (Wildman–Crippen LogP) is 3.29. The molecule has 0 bridgehead atoms. The average Bonchev–Trinajstić information content (AvgIpc) is 2.62. The zero-order valence-electron chi connectivity index (χ0n) is 13.9. The monoisotopic (exact) mass is 354 g/mol. The number of benzene rings is 2. The number of halogens is 1. The molecule has 2 aromatic carbocycles. The molecule has 2 aromatic rings. The highest BCUT2D eigenvalue weighted by Gasteiger charge is 2.27. The molecule has 0 unspecified atom stereocenters. The summed E-state index contributed by atoms with van der Waals surface area (Å²) in [7, 11) is 4.81. The Bertz CT molecular complexity index is 818. The lowest BCUT2D eigenvalue weighted by Crippen LogP contribution is -2.12. The lowest BCUT2D eigenvalue weighted by Gasteiger charge is -2.18. The van der Waals surface area contributed by atoms with Gasteiger partial charge in [0.1, 0.15) is 5.82 Å². The Morgan fingerprint density at radius 2 is 1.24 bits per heavy atom. The fourth-order valence-electron chi connectivity index (χ4n) is 2.18. The second-order valence-corrected chi connectivity index (χ2v) is 4.53. The minimum atomic E-state index is -1.05. The number of rotatable bonds is 4. The topological polar surface area (TPSA) is 89.5 Å². The standard InChI is InChI=1S/C16H15FO8/c1-20-13-11(24-15(18)22-3)9-6-5-8(17)7-10(9)12(14(13)21-2)25-16(19)23-4/h5-7H,1-4H3. The SMILES string of the molecule is COC(=O)Oc1c(OC)c(OC)c(OC(=O)OC)c2cc(F)ccc12. The maximum absolute atomic E-state index is 13.7. The molecule has 25 heavy (non-hydrogen) atoms. The van der Waals surface area contributed by atoms with E-state index in [1.807, 2.05) is 0 Å². The van der Waals surface area contributed by atoms with Crippen molar-refractivity contribution in [1.29, 1.82) is 0 Å². The van der Waals surface area contributed by atoms with Gasteiger partial charge in [0, 0.05) is 10.8 Å². The summed E-state index contributed by atoms with van der Waals surface area (Å²) in [6.45, 7) is 0. The maximum Gasteiger partial charge on any atom is 0.513 e. The lowest BCUT2D eigenvalue weighted by atomic mass is 10.1. The molecule has 0 saturated carbocycles. The highest BCUT2D eigenvalue weighted by Crippen LogP contribution is 2.51. The summed E-state index contributed by atoms with van der Waals surface area (Å²) in [4.78, 5) is 23.1. The highest BCUT2D eigenvalue weighted by atomic mass is 19.1. The fourth-order valence-corrected chi connectivity index (χ4v) is 2.18. The van der Waals surface area contributed by atoms with Crippen LogP contribution in [0.25, 0.3) is 10.8 Å². The van der Waals surface area contributed by atoms with E-state index in [0.717, 1.165) is 26.4 Å². The largest absolute Gasteiger partial charge is 0.513 e. The first kappa shape index (κ1) is 18.1. The molecule has 0 fully saturated rings. The van der Waals surface area contributed by atoms with E-state index in [1.54, 1.807) is 0 Å². The highest BCUT2D eigenvalue weighted by molar-refractivity contribution is 6.00. The number of methoxy groups -OCH3 is 4. The van der Waals surface area contributed by atoms with E-state index in [0.29, 0.717) is 0 Å². The van der Waals surface area contributed by atoms with Crippen molar-refractivity contribution >= 4 is 23.1 Å². The number of carbonyl (C=O) groups excluding carboxylic acids is 2. The van der Waals surface area contributed by atoms with Gasteiger partial charge in [-0.1, -0.05) is 0 Å². The Morgan fingerprint density at radius 1 is 0.760 bits per heavy atom. The molecule has 0 radical (unpaired) electrons. The zero-order chi connectivity index (χ0) is 18.6. The Hall–Kier alpha value is -3.23. The Labute approximate surface area is 141 Å². The van der Waals surface area contributed by atoms with Gasteiger partial charge in [-0.25, -0.2) is 14.0 Å². The molecule has 2 rings (SSSR count). The van der Waals surface area contributed by atoms with Gasteiger partial charge in [-0.2, -0.15) is 0 Å². The van der Waals surface area contributed by atoms with E-state index in [2.05, 4.69) is 9.47 Å². The summed E-state index contributed by atoms with van der Waals surface area (Å²) >= 11 is 0. The summed E-state index contributed by atoms with van der Waals surface area (Å²) < 4.78 is 43.3. The molecule has 0 aliphatic rings. The molecule has 9 heteroatoms.